The molecule has 0 spiro atoms. The number of nitrogens with zero attached hydrogens (tertiary/aromatic N) is 1. The van der Waals surface area contributed by atoms with Gasteiger partial charge in [0.2, 0.25) is 5.91 Å². The molecule has 0 bridgehead atoms. The Morgan fingerprint density at radius 3 is 2.64 bits per heavy atom. The molecule has 22 heavy (non-hydrogen) atoms. The van der Waals surface area contributed by atoms with Crippen LogP contribution in [0.25, 0.3) is 0 Å². The van der Waals surface area contributed by atoms with Crippen molar-refractivity contribution in [2.75, 3.05) is 20.3 Å². The maximum absolute atomic E-state index is 12.5. The standard InChI is InChI=1S/C18H27NO3/c1-4-6-7-15(5-2)18(20)19(3)13-14-8-9-16-17(12-14)22-11-10-21-16/h8-9,12,15H,4-7,10-11,13H2,1-3H3. The van der Waals surface area contributed by atoms with Crippen LogP contribution in [0.2, 0.25) is 0 Å². The first kappa shape index (κ1) is 16.7. The Morgan fingerprint density at radius 2 is 1.95 bits per heavy atom. The Hall–Kier alpha value is -1.71. The van der Waals surface area contributed by atoms with Crippen molar-refractivity contribution in [1.82, 2.24) is 4.90 Å². The maximum Gasteiger partial charge on any atom is 0.225 e. The zero-order valence-corrected chi connectivity index (χ0v) is 13.9. The number of rotatable bonds is 7. The van der Waals surface area contributed by atoms with Gasteiger partial charge in [-0.25, -0.2) is 0 Å². The van der Waals surface area contributed by atoms with E-state index in [-0.39, 0.29) is 11.8 Å². The van der Waals surface area contributed by atoms with Crippen molar-refractivity contribution in [3.05, 3.63) is 23.8 Å². The highest BCUT2D eigenvalue weighted by molar-refractivity contribution is 5.78. The van der Waals surface area contributed by atoms with Crippen molar-refractivity contribution < 1.29 is 14.3 Å². The van der Waals surface area contributed by atoms with Crippen LogP contribution in [0.3, 0.4) is 0 Å². The summed E-state index contributed by atoms with van der Waals surface area (Å²) in [5.41, 5.74) is 1.07. The van der Waals surface area contributed by atoms with E-state index in [0.29, 0.717) is 19.8 Å². The monoisotopic (exact) mass is 305 g/mol. The number of carbonyl (C=O) groups is 1. The van der Waals surface area contributed by atoms with Gasteiger partial charge >= 0.3 is 0 Å². The number of ether oxygens (including phenoxy) is 2. The first-order valence-electron chi connectivity index (χ1n) is 8.29. The van der Waals surface area contributed by atoms with E-state index in [4.69, 9.17) is 9.47 Å². The quantitative estimate of drug-likeness (QED) is 0.772. The second kappa shape index (κ2) is 8.06. The van der Waals surface area contributed by atoms with E-state index in [1.165, 1.54) is 0 Å². The number of unbranched alkanes of at least 4 members (excludes halogenated alkanes) is 1. The molecule has 1 aromatic carbocycles. The fraction of sp³-hybridized carbons (Fsp3) is 0.611. The highest BCUT2D eigenvalue weighted by Gasteiger charge is 2.20. The molecule has 4 heteroatoms. The van der Waals surface area contributed by atoms with Crippen LogP contribution in [0.4, 0.5) is 0 Å². The molecule has 1 aliphatic heterocycles. The summed E-state index contributed by atoms with van der Waals surface area (Å²) in [5.74, 6) is 1.95. The fourth-order valence-electron chi connectivity index (χ4n) is 2.80. The average Bonchev–Trinajstić information content (AvgIpc) is 2.55. The summed E-state index contributed by atoms with van der Waals surface area (Å²) in [4.78, 5) is 14.4. The van der Waals surface area contributed by atoms with E-state index in [9.17, 15) is 4.79 Å². The third-order valence-electron chi connectivity index (χ3n) is 4.15. The molecule has 0 saturated heterocycles. The molecule has 0 aromatic heterocycles. The second-order valence-electron chi connectivity index (χ2n) is 5.92. The van der Waals surface area contributed by atoms with Crippen molar-refractivity contribution in [3.63, 3.8) is 0 Å². The average molecular weight is 305 g/mol. The van der Waals surface area contributed by atoms with E-state index in [2.05, 4.69) is 13.8 Å². The minimum atomic E-state index is 0.141. The maximum atomic E-state index is 12.5. The third-order valence-corrected chi connectivity index (χ3v) is 4.15. The topological polar surface area (TPSA) is 38.8 Å². The zero-order valence-electron chi connectivity index (χ0n) is 13.9. The third kappa shape index (κ3) is 4.15. The van der Waals surface area contributed by atoms with Gasteiger partial charge < -0.3 is 14.4 Å². The SMILES string of the molecule is CCCCC(CC)C(=O)N(C)Cc1ccc2c(c1)OCCO2. The molecule has 0 radical (unpaired) electrons. The molecule has 1 aromatic rings. The molecule has 0 fully saturated rings. The van der Waals surface area contributed by atoms with E-state index in [1.807, 2.05) is 30.1 Å². The van der Waals surface area contributed by atoms with Crippen LogP contribution >= 0.6 is 0 Å². The molecule has 0 aliphatic carbocycles. The van der Waals surface area contributed by atoms with Crippen LogP contribution in [0, 0.1) is 5.92 Å². The molecule has 1 unspecified atom stereocenters. The number of hydrogen-bond donors (Lipinski definition) is 0. The van der Waals surface area contributed by atoms with E-state index < -0.39 is 0 Å². The predicted molar refractivity (Wildman–Crippen MR) is 87.2 cm³/mol. The molecule has 1 atom stereocenters. The van der Waals surface area contributed by atoms with Crippen molar-refractivity contribution in [3.8, 4) is 11.5 Å². The minimum Gasteiger partial charge on any atom is -0.486 e. The van der Waals surface area contributed by atoms with Gasteiger partial charge in [0, 0.05) is 19.5 Å². The van der Waals surface area contributed by atoms with E-state index in [0.717, 1.165) is 42.7 Å². The summed E-state index contributed by atoms with van der Waals surface area (Å²) in [5, 5.41) is 0. The molecule has 0 N–H and O–H groups in total. The summed E-state index contributed by atoms with van der Waals surface area (Å²) < 4.78 is 11.1. The van der Waals surface area contributed by atoms with Gasteiger partial charge in [-0.2, -0.15) is 0 Å². The van der Waals surface area contributed by atoms with Crippen molar-refractivity contribution >= 4 is 5.91 Å². The Labute approximate surface area is 133 Å². The first-order chi connectivity index (χ1) is 10.7. The largest absolute Gasteiger partial charge is 0.486 e. The lowest BCUT2D eigenvalue weighted by molar-refractivity contribution is -0.135. The molecule has 1 heterocycles. The van der Waals surface area contributed by atoms with Crippen LogP contribution in [0.1, 0.15) is 45.1 Å². The van der Waals surface area contributed by atoms with Crippen molar-refractivity contribution in [1.29, 1.82) is 0 Å². The Kier molecular flexibility index (Phi) is 6.10. The Bertz CT molecular complexity index is 501. The van der Waals surface area contributed by atoms with Crippen molar-refractivity contribution in [2.45, 2.75) is 46.1 Å². The van der Waals surface area contributed by atoms with Crippen LogP contribution in [0.5, 0.6) is 11.5 Å². The highest BCUT2D eigenvalue weighted by Crippen LogP contribution is 2.31. The summed E-state index contributed by atoms with van der Waals surface area (Å²) in [6.07, 6.45) is 4.14. The van der Waals surface area contributed by atoms with Crippen LogP contribution in [-0.2, 0) is 11.3 Å². The summed E-state index contributed by atoms with van der Waals surface area (Å²) in [6.45, 7) is 6.05. The zero-order chi connectivity index (χ0) is 15.9. The molecule has 0 saturated carbocycles. The first-order valence-corrected chi connectivity index (χ1v) is 8.29. The van der Waals surface area contributed by atoms with Gasteiger partial charge in [-0.05, 0) is 30.5 Å². The Morgan fingerprint density at radius 1 is 1.23 bits per heavy atom. The van der Waals surface area contributed by atoms with E-state index >= 15 is 0 Å². The normalized spacial score (nSPS) is 14.5. The molecule has 1 aliphatic rings. The van der Waals surface area contributed by atoms with Gasteiger partial charge in [-0.3, -0.25) is 4.79 Å². The van der Waals surface area contributed by atoms with Gasteiger partial charge in [0.15, 0.2) is 11.5 Å². The van der Waals surface area contributed by atoms with Gasteiger partial charge in [-0.15, -0.1) is 0 Å². The molecule has 2 rings (SSSR count). The molecule has 122 valence electrons. The lowest BCUT2D eigenvalue weighted by Gasteiger charge is -2.24. The lowest BCUT2D eigenvalue weighted by Crippen LogP contribution is -2.32. The summed E-state index contributed by atoms with van der Waals surface area (Å²) >= 11 is 0. The summed E-state index contributed by atoms with van der Waals surface area (Å²) in [6, 6.07) is 5.91. The lowest BCUT2D eigenvalue weighted by atomic mass is 9.97. The molecular formula is C18H27NO3. The van der Waals surface area contributed by atoms with Crippen molar-refractivity contribution in [2.24, 2.45) is 5.92 Å². The number of hydrogen-bond acceptors (Lipinski definition) is 3. The van der Waals surface area contributed by atoms with Crippen LogP contribution < -0.4 is 9.47 Å². The van der Waals surface area contributed by atoms with Crippen LogP contribution in [0.15, 0.2) is 18.2 Å². The van der Waals surface area contributed by atoms with Gasteiger partial charge in [-0.1, -0.05) is 32.8 Å². The molecular weight excluding hydrogens is 278 g/mol. The fourth-order valence-corrected chi connectivity index (χ4v) is 2.80. The minimum absolute atomic E-state index is 0.141. The number of fused-ring (bicyclic) bond motifs is 1. The predicted octanol–water partition coefficient (Wildman–Crippen LogP) is 3.63. The smallest absolute Gasteiger partial charge is 0.225 e. The van der Waals surface area contributed by atoms with E-state index in [1.54, 1.807) is 0 Å². The summed E-state index contributed by atoms with van der Waals surface area (Å²) in [7, 11) is 1.88. The van der Waals surface area contributed by atoms with Gasteiger partial charge in [0.05, 0.1) is 0 Å². The van der Waals surface area contributed by atoms with Gasteiger partial charge in [0.1, 0.15) is 13.2 Å². The number of amides is 1. The number of benzene rings is 1. The van der Waals surface area contributed by atoms with Gasteiger partial charge in [0.25, 0.3) is 0 Å². The van der Waals surface area contributed by atoms with Crippen LogP contribution in [-0.4, -0.2) is 31.1 Å². The number of carbonyl (C=O) groups excluding carboxylic acids is 1. The molecule has 1 amide bonds. The highest BCUT2D eigenvalue weighted by atomic mass is 16.6. The molecule has 4 nitrogen and oxygen atoms in total. The second-order valence-corrected chi connectivity index (χ2v) is 5.92. The Balaban J connectivity index is 1.98.